The van der Waals surface area contributed by atoms with Crippen molar-refractivity contribution in [1.29, 1.82) is 0 Å². The lowest BCUT2D eigenvalue weighted by Crippen LogP contribution is -2.27. The molecule has 0 saturated heterocycles. The number of aromatic nitrogens is 2. The number of anilines is 1. The molecule has 1 aliphatic rings. The number of non-ortho nitro benzene ring substituents is 1. The molecular weight excluding hydrogens is 320 g/mol. The van der Waals surface area contributed by atoms with Crippen molar-refractivity contribution in [2.24, 2.45) is 5.92 Å². The largest absolute Gasteiger partial charge is 0.391 e. The number of nitrogens with zero attached hydrogens (tertiary/aromatic N) is 3. The van der Waals surface area contributed by atoms with Crippen molar-refractivity contribution in [2.75, 3.05) is 11.9 Å². The Morgan fingerprint density at radius 2 is 2.08 bits per heavy atom. The maximum absolute atomic E-state index is 10.9. The number of aliphatic hydroxyl groups is 1. The molecule has 7 nitrogen and oxygen atoms in total. The lowest BCUT2D eigenvalue weighted by Gasteiger charge is -2.18. The van der Waals surface area contributed by atoms with Gasteiger partial charge in [0.05, 0.1) is 11.0 Å². The molecule has 1 heterocycles. The quantitative estimate of drug-likeness (QED) is 0.617. The van der Waals surface area contributed by atoms with Crippen LogP contribution in [0.15, 0.2) is 30.3 Å². The number of nitro groups is 1. The Kier molecular flexibility index (Phi) is 5.23. The van der Waals surface area contributed by atoms with E-state index in [2.05, 4.69) is 15.3 Å². The molecular formula is C18H22N4O3. The van der Waals surface area contributed by atoms with Crippen molar-refractivity contribution in [1.82, 2.24) is 9.97 Å². The van der Waals surface area contributed by atoms with E-state index in [0.717, 1.165) is 18.5 Å². The first-order chi connectivity index (χ1) is 12.0. The zero-order chi connectivity index (χ0) is 17.8. The van der Waals surface area contributed by atoms with E-state index in [1.54, 1.807) is 12.1 Å². The normalized spacial score (nSPS) is 15.9. The smallest absolute Gasteiger partial charge is 0.270 e. The topological polar surface area (TPSA) is 101 Å². The first kappa shape index (κ1) is 17.3. The highest BCUT2D eigenvalue weighted by Gasteiger charge is 2.23. The third kappa shape index (κ3) is 4.30. The van der Waals surface area contributed by atoms with Crippen molar-refractivity contribution in [3.05, 3.63) is 46.1 Å². The van der Waals surface area contributed by atoms with Crippen molar-refractivity contribution in [3.63, 3.8) is 0 Å². The Bertz CT molecular complexity index is 760. The summed E-state index contributed by atoms with van der Waals surface area (Å²) in [5.41, 5.74) is 1.36. The van der Waals surface area contributed by atoms with Crippen LogP contribution in [0.1, 0.15) is 31.4 Å². The lowest BCUT2D eigenvalue weighted by molar-refractivity contribution is -0.384. The molecule has 1 aliphatic carbocycles. The van der Waals surface area contributed by atoms with Crippen LogP contribution >= 0.6 is 0 Å². The van der Waals surface area contributed by atoms with Crippen LogP contribution in [0.25, 0.3) is 11.4 Å². The molecule has 1 atom stereocenters. The van der Waals surface area contributed by atoms with Gasteiger partial charge in [0, 0.05) is 36.0 Å². The van der Waals surface area contributed by atoms with Crippen LogP contribution in [-0.2, 0) is 0 Å². The number of aliphatic hydroxyl groups excluding tert-OH is 1. The minimum Gasteiger partial charge on any atom is -0.391 e. The number of hydrogen-bond donors (Lipinski definition) is 2. The molecule has 3 rings (SSSR count). The van der Waals surface area contributed by atoms with E-state index in [0.29, 0.717) is 29.7 Å². The first-order valence-corrected chi connectivity index (χ1v) is 8.55. The molecule has 0 aliphatic heterocycles. The summed E-state index contributed by atoms with van der Waals surface area (Å²) in [7, 11) is 0. The van der Waals surface area contributed by atoms with Crippen LogP contribution in [-0.4, -0.2) is 32.6 Å². The number of nitrogens with one attached hydrogen (secondary N) is 1. The van der Waals surface area contributed by atoms with E-state index in [9.17, 15) is 15.2 Å². The highest BCUT2D eigenvalue weighted by molar-refractivity contribution is 5.61. The zero-order valence-corrected chi connectivity index (χ0v) is 14.2. The van der Waals surface area contributed by atoms with E-state index < -0.39 is 4.92 Å². The third-order valence-electron chi connectivity index (χ3n) is 4.61. The summed E-state index contributed by atoms with van der Waals surface area (Å²) < 4.78 is 0. The molecule has 25 heavy (non-hydrogen) atoms. The maximum atomic E-state index is 10.9. The molecule has 1 aromatic heterocycles. The van der Waals surface area contributed by atoms with Gasteiger partial charge in [-0.3, -0.25) is 10.1 Å². The molecule has 132 valence electrons. The predicted molar refractivity (Wildman–Crippen MR) is 95.3 cm³/mol. The van der Waals surface area contributed by atoms with Crippen LogP contribution in [0.5, 0.6) is 0 Å². The number of rotatable bonds is 6. The molecule has 0 radical (unpaired) electrons. The maximum Gasteiger partial charge on any atom is 0.270 e. The number of hydrogen-bond acceptors (Lipinski definition) is 6. The standard InChI is InChI=1S/C18H22N4O3/c1-12-9-17(19-11-16(23)13-5-2-3-6-13)21-18(20-12)14-7-4-8-15(10-14)22(24)25/h4,7-10,13,16,23H,2-3,5-6,11H2,1H3,(H,19,20,21). The van der Waals surface area contributed by atoms with Gasteiger partial charge in [-0.15, -0.1) is 0 Å². The molecule has 1 aromatic carbocycles. The summed E-state index contributed by atoms with van der Waals surface area (Å²) in [6, 6.07) is 8.08. The number of nitro benzene ring substituents is 1. The Hall–Kier alpha value is -2.54. The lowest BCUT2D eigenvalue weighted by atomic mass is 10.0. The van der Waals surface area contributed by atoms with Gasteiger partial charge in [0.2, 0.25) is 0 Å². The fourth-order valence-corrected chi connectivity index (χ4v) is 3.26. The summed E-state index contributed by atoms with van der Waals surface area (Å²) in [5.74, 6) is 1.40. The van der Waals surface area contributed by atoms with Gasteiger partial charge >= 0.3 is 0 Å². The van der Waals surface area contributed by atoms with E-state index in [4.69, 9.17) is 0 Å². The highest BCUT2D eigenvalue weighted by Crippen LogP contribution is 2.28. The van der Waals surface area contributed by atoms with Gasteiger partial charge in [-0.05, 0) is 25.7 Å². The van der Waals surface area contributed by atoms with Gasteiger partial charge < -0.3 is 10.4 Å². The Morgan fingerprint density at radius 1 is 1.32 bits per heavy atom. The monoisotopic (exact) mass is 342 g/mol. The molecule has 0 spiro atoms. The van der Waals surface area contributed by atoms with Gasteiger partial charge in [0.1, 0.15) is 5.82 Å². The van der Waals surface area contributed by atoms with Crippen molar-refractivity contribution < 1.29 is 10.0 Å². The molecule has 0 amide bonds. The summed E-state index contributed by atoms with van der Waals surface area (Å²) in [5, 5.41) is 24.4. The summed E-state index contributed by atoms with van der Waals surface area (Å²) in [6.07, 6.45) is 4.13. The van der Waals surface area contributed by atoms with Crippen LogP contribution in [0.4, 0.5) is 11.5 Å². The van der Waals surface area contributed by atoms with Crippen LogP contribution < -0.4 is 5.32 Å². The van der Waals surface area contributed by atoms with E-state index in [1.807, 2.05) is 13.0 Å². The van der Waals surface area contributed by atoms with Gasteiger partial charge in [0.25, 0.3) is 5.69 Å². The Morgan fingerprint density at radius 3 is 2.80 bits per heavy atom. The number of aryl methyl sites for hydroxylation is 1. The van der Waals surface area contributed by atoms with E-state index >= 15 is 0 Å². The van der Waals surface area contributed by atoms with Gasteiger partial charge in [-0.2, -0.15) is 0 Å². The Balaban J connectivity index is 1.76. The van der Waals surface area contributed by atoms with Gasteiger partial charge in [0.15, 0.2) is 5.82 Å². The van der Waals surface area contributed by atoms with Crippen molar-refractivity contribution in [3.8, 4) is 11.4 Å². The average Bonchev–Trinajstić information content (AvgIpc) is 3.14. The van der Waals surface area contributed by atoms with Crippen molar-refractivity contribution in [2.45, 2.75) is 38.7 Å². The van der Waals surface area contributed by atoms with Crippen LogP contribution in [0.2, 0.25) is 0 Å². The second kappa shape index (κ2) is 7.57. The zero-order valence-electron chi connectivity index (χ0n) is 14.2. The fourth-order valence-electron chi connectivity index (χ4n) is 3.26. The molecule has 2 N–H and O–H groups in total. The van der Waals surface area contributed by atoms with Crippen molar-refractivity contribution >= 4 is 11.5 Å². The van der Waals surface area contributed by atoms with Gasteiger partial charge in [-0.1, -0.05) is 25.0 Å². The predicted octanol–water partition coefficient (Wildman–Crippen LogP) is 3.32. The summed E-state index contributed by atoms with van der Waals surface area (Å²) >= 11 is 0. The molecule has 0 bridgehead atoms. The minimum atomic E-state index is -0.434. The molecule has 1 unspecified atom stereocenters. The minimum absolute atomic E-state index is 0.00812. The highest BCUT2D eigenvalue weighted by atomic mass is 16.6. The summed E-state index contributed by atoms with van der Waals surface area (Å²) in [4.78, 5) is 19.3. The molecule has 1 saturated carbocycles. The number of benzene rings is 1. The third-order valence-corrected chi connectivity index (χ3v) is 4.61. The SMILES string of the molecule is Cc1cc(NCC(O)C2CCCC2)nc(-c2cccc([N+](=O)[O-])c2)n1. The second-order valence-electron chi connectivity index (χ2n) is 6.52. The molecule has 1 fully saturated rings. The van der Waals surface area contributed by atoms with E-state index in [1.165, 1.54) is 25.0 Å². The molecule has 7 heteroatoms. The van der Waals surface area contributed by atoms with Gasteiger partial charge in [-0.25, -0.2) is 9.97 Å². The molecule has 2 aromatic rings. The fraction of sp³-hybridized carbons (Fsp3) is 0.444. The van der Waals surface area contributed by atoms with E-state index in [-0.39, 0.29) is 11.8 Å². The first-order valence-electron chi connectivity index (χ1n) is 8.55. The Labute approximate surface area is 146 Å². The average molecular weight is 342 g/mol. The second-order valence-corrected chi connectivity index (χ2v) is 6.52. The van der Waals surface area contributed by atoms with Crippen LogP contribution in [0.3, 0.4) is 0 Å². The summed E-state index contributed by atoms with van der Waals surface area (Å²) in [6.45, 7) is 2.29. The van der Waals surface area contributed by atoms with Crippen LogP contribution in [0, 0.1) is 23.0 Å².